The van der Waals surface area contributed by atoms with Gasteiger partial charge in [0.25, 0.3) is 5.91 Å². The van der Waals surface area contributed by atoms with E-state index in [0.29, 0.717) is 5.56 Å². The van der Waals surface area contributed by atoms with E-state index in [1.165, 1.54) is 29.7 Å². The molecule has 1 amide bonds. The number of anilines is 1. The van der Waals surface area contributed by atoms with E-state index < -0.39 is 12.5 Å². The zero-order chi connectivity index (χ0) is 16.8. The average molecular weight is 321 g/mol. The van der Waals surface area contributed by atoms with Gasteiger partial charge in [-0.2, -0.15) is 13.3 Å². The molecule has 0 bridgehead atoms. The number of amides is 1. The van der Waals surface area contributed by atoms with Gasteiger partial charge in [-0.05, 0) is 25.1 Å². The smallest absolute Gasteiger partial charge is 0.387 e. The Morgan fingerprint density at radius 3 is 2.65 bits per heavy atom. The van der Waals surface area contributed by atoms with Crippen LogP contribution in [0.2, 0.25) is 0 Å². The predicted octanol–water partition coefficient (Wildman–Crippen LogP) is 2.42. The van der Waals surface area contributed by atoms with Crippen LogP contribution in [-0.2, 0) is 11.3 Å². The van der Waals surface area contributed by atoms with E-state index >= 15 is 0 Å². The average Bonchev–Trinajstić information content (AvgIpc) is 2.49. The van der Waals surface area contributed by atoms with Crippen LogP contribution in [0.15, 0.2) is 48.8 Å². The molecule has 0 unspecified atom stereocenters. The molecule has 0 radical (unpaired) electrons. The van der Waals surface area contributed by atoms with Crippen molar-refractivity contribution in [1.29, 1.82) is 0 Å². The largest absolute Gasteiger partial charge is 0.433 e. The Morgan fingerprint density at radius 2 is 1.96 bits per heavy atom. The van der Waals surface area contributed by atoms with Gasteiger partial charge in [-0.3, -0.25) is 9.59 Å². The lowest BCUT2D eigenvalue weighted by molar-refractivity contribution is -0.684. The van der Waals surface area contributed by atoms with E-state index in [1.807, 2.05) is 0 Å². The first kappa shape index (κ1) is 16.5. The number of hydrogen-bond donors (Lipinski definition) is 1. The van der Waals surface area contributed by atoms with Crippen molar-refractivity contribution < 1.29 is 27.7 Å². The van der Waals surface area contributed by atoms with Crippen molar-refractivity contribution in [2.45, 2.75) is 20.1 Å². The summed E-state index contributed by atoms with van der Waals surface area (Å²) in [6.45, 7) is -1.61. The van der Waals surface area contributed by atoms with Crippen molar-refractivity contribution in [1.82, 2.24) is 0 Å². The summed E-state index contributed by atoms with van der Waals surface area (Å²) in [7, 11) is 0. The second kappa shape index (κ2) is 7.44. The van der Waals surface area contributed by atoms with Gasteiger partial charge in [0.05, 0.1) is 11.3 Å². The van der Waals surface area contributed by atoms with Crippen molar-refractivity contribution in [3.05, 3.63) is 54.4 Å². The Hall–Kier alpha value is -2.83. The van der Waals surface area contributed by atoms with Gasteiger partial charge in [-0.1, -0.05) is 12.1 Å². The molecule has 7 heteroatoms. The maximum Gasteiger partial charge on any atom is 0.387 e. The van der Waals surface area contributed by atoms with Crippen LogP contribution in [0, 0.1) is 0 Å². The van der Waals surface area contributed by atoms with Gasteiger partial charge in [0.15, 0.2) is 18.2 Å². The van der Waals surface area contributed by atoms with Gasteiger partial charge in [-0.25, -0.2) is 0 Å². The lowest BCUT2D eigenvalue weighted by Crippen LogP contribution is -2.40. The molecule has 1 N–H and O–H groups in total. The number of nitrogens with one attached hydrogen (secondary N) is 1. The highest BCUT2D eigenvalue weighted by molar-refractivity contribution is 5.93. The summed E-state index contributed by atoms with van der Waals surface area (Å²) < 4.78 is 30.5. The minimum atomic E-state index is -2.98. The van der Waals surface area contributed by atoms with Crippen molar-refractivity contribution in [3.63, 3.8) is 0 Å². The molecule has 0 spiro atoms. The number of halogens is 2. The van der Waals surface area contributed by atoms with Crippen LogP contribution in [0.3, 0.4) is 0 Å². The molecule has 120 valence electrons. The van der Waals surface area contributed by atoms with Gasteiger partial charge < -0.3 is 10.1 Å². The zero-order valence-electron chi connectivity index (χ0n) is 12.3. The molecule has 2 rings (SSSR count). The topological polar surface area (TPSA) is 59.3 Å². The summed E-state index contributed by atoms with van der Waals surface area (Å²) in [5, 5.41) is 2.51. The van der Waals surface area contributed by atoms with Crippen LogP contribution in [0.4, 0.5) is 14.5 Å². The van der Waals surface area contributed by atoms with Gasteiger partial charge in [0.1, 0.15) is 5.75 Å². The van der Waals surface area contributed by atoms with E-state index in [-0.39, 0.29) is 23.8 Å². The van der Waals surface area contributed by atoms with Gasteiger partial charge in [-0.15, -0.1) is 0 Å². The Kier molecular flexibility index (Phi) is 5.35. The van der Waals surface area contributed by atoms with Crippen molar-refractivity contribution in [2.75, 3.05) is 5.32 Å². The number of pyridine rings is 1. The molecule has 0 aliphatic rings. The van der Waals surface area contributed by atoms with E-state index in [1.54, 1.807) is 30.6 Å². The summed E-state index contributed by atoms with van der Waals surface area (Å²) >= 11 is 0. The van der Waals surface area contributed by atoms with Gasteiger partial charge in [0.2, 0.25) is 6.54 Å². The molecular weight excluding hydrogens is 306 g/mol. The molecule has 1 aromatic carbocycles. The number of benzene rings is 1. The monoisotopic (exact) mass is 321 g/mol. The Labute approximate surface area is 131 Å². The Balaban J connectivity index is 2.08. The van der Waals surface area contributed by atoms with Crippen molar-refractivity contribution in [3.8, 4) is 5.75 Å². The maximum absolute atomic E-state index is 12.3. The minimum Gasteiger partial charge on any atom is -0.433 e. The number of carbonyl (C=O) groups is 2. The standard InChI is InChI=1S/C16H14F2N2O3/c1-11(21)12-5-4-8-20(9-12)10-15(22)19-13-6-2-3-7-14(13)23-16(17)18/h2-9,16H,10H2,1H3/p+1. The second-order valence-electron chi connectivity index (χ2n) is 4.74. The fourth-order valence-electron chi connectivity index (χ4n) is 1.95. The molecule has 2 aromatic rings. The maximum atomic E-state index is 12.3. The second-order valence-corrected chi connectivity index (χ2v) is 4.74. The normalized spacial score (nSPS) is 10.4. The van der Waals surface area contributed by atoms with E-state index in [2.05, 4.69) is 10.1 Å². The molecular formula is C16H15F2N2O3+. The first-order valence-corrected chi connectivity index (χ1v) is 6.79. The molecule has 1 heterocycles. The zero-order valence-corrected chi connectivity index (χ0v) is 12.3. The van der Waals surface area contributed by atoms with Gasteiger partial charge >= 0.3 is 6.61 Å². The van der Waals surface area contributed by atoms with Crippen LogP contribution in [0.5, 0.6) is 5.75 Å². The van der Waals surface area contributed by atoms with Crippen LogP contribution < -0.4 is 14.6 Å². The molecule has 0 saturated carbocycles. The fourth-order valence-corrected chi connectivity index (χ4v) is 1.95. The summed E-state index contributed by atoms with van der Waals surface area (Å²) in [5.74, 6) is -0.658. The predicted molar refractivity (Wildman–Crippen MR) is 78.3 cm³/mol. The number of ether oxygens (including phenoxy) is 1. The highest BCUT2D eigenvalue weighted by atomic mass is 19.3. The van der Waals surface area contributed by atoms with Crippen molar-refractivity contribution in [2.24, 2.45) is 0 Å². The molecule has 0 aliphatic heterocycles. The van der Waals surface area contributed by atoms with Crippen LogP contribution in [-0.4, -0.2) is 18.3 Å². The third-order valence-electron chi connectivity index (χ3n) is 2.97. The number of nitrogens with zero attached hydrogens (tertiary/aromatic N) is 1. The number of carbonyl (C=O) groups excluding carboxylic acids is 2. The molecule has 23 heavy (non-hydrogen) atoms. The molecule has 5 nitrogen and oxygen atoms in total. The number of Topliss-reactive ketones (excluding diaryl/α,β-unsaturated/α-hetero) is 1. The van der Waals surface area contributed by atoms with Crippen LogP contribution in [0.1, 0.15) is 17.3 Å². The van der Waals surface area contributed by atoms with E-state index in [4.69, 9.17) is 0 Å². The number of para-hydroxylation sites is 2. The number of aromatic nitrogens is 1. The van der Waals surface area contributed by atoms with E-state index in [0.717, 1.165) is 0 Å². The Bertz CT molecular complexity index is 720. The molecule has 0 atom stereocenters. The lowest BCUT2D eigenvalue weighted by atomic mass is 10.2. The first-order valence-electron chi connectivity index (χ1n) is 6.79. The van der Waals surface area contributed by atoms with Crippen LogP contribution in [0.25, 0.3) is 0 Å². The summed E-state index contributed by atoms with van der Waals surface area (Å²) in [5.41, 5.74) is 0.628. The Morgan fingerprint density at radius 1 is 1.22 bits per heavy atom. The number of rotatable bonds is 6. The fraction of sp³-hybridized carbons (Fsp3) is 0.188. The lowest BCUT2D eigenvalue weighted by Gasteiger charge is -2.10. The third-order valence-corrected chi connectivity index (χ3v) is 2.97. The number of hydrogen-bond acceptors (Lipinski definition) is 3. The summed E-state index contributed by atoms with van der Waals surface area (Å²) in [4.78, 5) is 23.4. The quantitative estimate of drug-likeness (QED) is 0.656. The van der Waals surface area contributed by atoms with E-state index in [9.17, 15) is 18.4 Å². The van der Waals surface area contributed by atoms with Crippen molar-refractivity contribution >= 4 is 17.4 Å². The summed E-state index contributed by atoms with van der Waals surface area (Å²) in [6, 6.07) is 9.22. The highest BCUT2D eigenvalue weighted by Gasteiger charge is 2.15. The third kappa shape index (κ3) is 4.84. The summed E-state index contributed by atoms with van der Waals surface area (Å²) in [6.07, 6.45) is 3.18. The minimum absolute atomic E-state index is 0.0653. The number of ketones is 1. The number of alkyl halides is 2. The van der Waals surface area contributed by atoms with Crippen LogP contribution >= 0.6 is 0 Å². The SMILES string of the molecule is CC(=O)c1ccc[n+](CC(=O)Nc2ccccc2OC(F)F)c1. The molecule has 0 fully saturated rings. The first-order chi connectivity index (χ1) is 11.0. The molecule has 1 aromatic heterocycles. The molecule has 0 aliphatic carbocycles. The van der Waals surface area contributed by atoms with Gasteiger partial charge in [0, 0.05) is 6.07 Å². The molecule has 0 saturated heterocycles. The highest BCUT2D eigenvalue weighted by Crippen LogP contribution is 2.25.